The molecule has 1 unspecified atom stereocenters. The molecule has 0 aromatic carbocycles. The average molecular weight is 268 g/mol. The molecule has 1 aromatic heterocycles. The zero-order valence-electron chi connectivity index (χ0n) is 11.9. The highest BCUT2D eigenvalue weighted by Gasteiger charge is 2.26. The van der Waals surface area contributed by atoms with Crippen LogP contribution in [0, 0.1) is 0 Å². The van der Waals surface area contributed by atoms with Crippen LogP contribution in [-0.2, 0) is 13.0 Å². The van der Waals surface area contributed by atoms with E-state index in [1.165, 1.54) is 22.1 Å². The molecule has 1 aliphatic rings. The molecular formula is C13H24N4S. The number of anilines is 1. The van der Waals surface area contributed by atoms with Crippen LogP contribution in [-0.4, -0.2) is 50.2 Å². The molecule has 1 fully saturated rings. The molecule has 4 nitrogen and oxygen atoms in total. The lowest BCUT2D eigenvalue weighted by molar-refractivity contribution is 0.315. The van der Waals surface area contributed by atoms with E-state index in [0.29, 0.717) is 6.04 Å². The molecule has 1 atom stereocenters. The number of hydrogen-bond acceptors (Lipinski definition) is 5. The lowest BCUT2D eigenvalue weighted by atomic mass is 10.2. The van der Waals surface area contributed by atoms with E-state index < -0.39 is 0 Å². The summed E-state index contributed by atoms with van der Waals surface area (Å²) in [6.07, 6.45) is 2.27. The smallest absolute Gasteiger partial charge is 0.185 e. The Bertz CT molecular complexity index is 388. The van der Waals surface area contributed by atoms with Crippen molar-refractivity contribution in [3.05, 3.63) is 10.6 Å². The van der Waals surface area contributed by atoms with Crippen LogP contribution in [0.4, 0.5) is 5.13 Å². The fraction of sp³-hybridized carbons (Fsp3) is 0.769. The second-order valence-corrected chi connectivity index (χ2v) is 6.16. The quantitative estimate of drug-likeness (QED) is 0.878. The monoisotopic (exact) mass is 268 g/mol. The summed E-state index contributed by atoms with van der Waals surface area (Å²) in [5.41, 5.74) is 1.26. The van der Waals surface area contributed by atoms with Crippen LogP contribution in [0.25, 0.3) is 0 Å². The van der Waals surface area contributed by atoms with E-state index >= 15 is 0 Å². The zero-order valence-corrected chi connectivity index (χ0v) is 12.7. The van der Waals surface area contributed by atoms with Gasteiger partial charge in [0.15, 0.2) is 5.13 Å². The number of hydrogen-bond donors (Lipinski definition) is 1. The van der Waals surface area contributed by atoms with Gasteiger partial charge in [-0.2, -0.15) is 0 Å². The van der Waals surface area contributed by atoms with Crippen LogP contribution < -0.4 is 10.2 Å². The van der Waals surface area contributed by atoms with Gasteiger partial charge in [0.1, 0.15) is 0 Å². The van der Waals surface area contributed by atoms with Gasteiger partial charge in [0.2, 0.25) is 0 Å². The highest BCUT2D eigenvalue weighted by Crippen LogP contribution is 2.30. The number of aromatic nitrogens is 1. The first kappa shape index (κ1) is 13.8. The summed E-state index contributed by atoms with van der Waals surface area (Å²) in [4.78, 5) is 11.0. The fourth-order valence-electron chi connectivity index (χ4n) is 2.42. The minimum Gasteiger partial charge on any atom is -0.346 e. The molecule has 2 rings (SSSR count). The molecule has 5 heteroatoms. The van der Waals surface area contributed by atoms with E-state index in [2.05, 4.69) is 36.1 Å². The number of likely N-dealkylation sites (N-methyl/N-ethyl adjacent to an activating group) is 1. The maximum Gasteiger partial charge on any atom is 0.185 e. The van der Waals surface area contributed by atoms with Gasteiger partial charge in [-0.3, -0.25) is 0 Å². The van der Waals surface area contributed by atoms with Crippen LogP contribution in [0.3, 0.4) is 0 Å². The van der Waals surface area contributed by atoms with Crippen molar-refractivity contribution in [2.24, 2.45) is 0 Å². The molecule has 2 heterocycles. The molecule has 1 N–H and O–H groups in total. The summed E-state index contributed by atoms with van der Waals surface area (Å²) in [7, 11) is 6.33. The molecule has 1 aromatic rings. The Morgan fingerprint density at radius 1 is 1.50 bits per heavy atom. The SMILES string of the molecule is CCc1nc(N2CCC(N(C)C)C2)sc1CNC. The Balaban J connectivity index is 2.10. The summed E-state index contributed by atoms with van der Waals surface area (Å²) < 4.78 is 0. The predicted molar refractivity (Wildman–Crippen MR) is 78.6 cm³/mol. The van der Waals surface area contributed by atoms with Crippen molar-refractivity contribution in [1.82, 2.24) is 15.2 Å². The first-order valence-corrected chi connectivity index (χ1v) is 7.51. The number of nitrogens with zero attached hydrogens (tertiary/aromatic N) is 3. The van der Waals surface area contributed by atoms with Gasteiger partial charge < -0.3 is 15.1 Å². The molecule has 0 bridgehead atoms. The summed E-state index contributed by atoms with van der Waals surface area (Å²) >= 11 is 1.85. The topological polar surface area (TPSA) is 31.4 Å². The van der Waals surface area contributed by atoms with E-state index in [1.807, 2.05) is 18.4 Å². The second-order valence-electron chi connectivity index (χ2n) is 5.10. The summed E-state index contributed by atoms with van der Waals surface area (Å²) in [5.74, 6) is 0. The number of rotatable bonds is 5. The summed E-state index contributed by atoms with van der Waals surface area (Å²) in [6, 6.07) is 0.673. The van der Waals surface area contributed by atoms with Gasteiger partial charge in [-0.25, -0.2) is 4.98 Å². The lowest BCUT2D eigenvalue weighted by Crippen LogP contribution is -2.31. The number of aryl methyl sites for hydroxylation is 1. The molecule has 1 aliphatic heterocycles. The highest BCUT2D eigenvalue weighted by molar-refractivity contribution is 7.15. The third-order valence-electron chi connectivity index (χ3n) is 3.60. The molecule has 0 spiro atoms. The fourth-order valence-corrected chi connectivity index (χ4v) is 3.61. The predicted octanol–water partition coefficient (Wildman–Crippen LogP) is 1.57. The standard InChI is InChI=1S/C13H24N4S/c1-5-11-12(8-14-2)18-13(15-11)17-7-6-10(9-17)16(3)4/h10,14H,5-9H2,1-4H3. The maximum absolute atomic E-state index is 4.81. The van der Waals surface area contributed by atoms with Crippen LogP contribution in [0.15, 0.2) is 0 Å². The van der Waals surface area contributed by atoms with Crippen LogP contribution in [0.5, 0.6) is 0 Å². The molecule has 18 heavy (non-hydrogen) atoms. The zero-order chi connectivity index (χ0) is 13.1. The first-order chi connectivity index (χ1) is 8.65. The first-order valence-electron chi connectivity index (χ1n) is 6.70. The van der Waals surface area contributed by atoms with E-state index in [9.17, 15) is 0 Å². The summed E-state index contributed by atoms with van der Waals surface area (Å²) in [6.45, 7) is 5.37. The molecule has 0 radical (unpaired) electrons. The van der Waals surface area contributed by atoms with Gasteiger partial charge in [0, 0.05) is 30.6 Å². The van der Waals surface area contributed by atoms with Crippen molar-refractivity contribution < 1.29 is 0 Å². The highest BCUT2D eigenvalue weighted by atomic mass is 32.1. The third kappa shape index (κ3) is 2.84. The van der Waals surface area contributed by atoms with Gasteiger partial charge in [0.25, 0.3) is 0 Å². The van der Waals surface area contributed by atoms with E-state index in [-0.39, 0.29) is 0 Å². The van der Waals surface area contributed by atoms with Crippen LogP contribution in [0.1, 0.15) is 23.9 Å². The van der Waals surface area contributed by atoms with Crippen LogP contribution in [0.2, 0.25) is 0 Å². The third-order valence-corrected chi connectivity index (χ3v) is 4.76. The van der Waals surface area contributed by atoms with Gasteiger partial charge in [-0.05, 0) is 34.0 Å². The minimum absolute atomic E-state index is 0.673. The van der Waals surface area contributed by atoms with E-state index in [4.69, 9.17) is 4.98 Å². The minimum atomic E-state index is 0.673. The molecule has 1 saturated heterocycles. The van der Waals surface area contributed by atoms with E-state index in [1.54, 1.807) is 0 Å². The maximum atomic E-state index is 4.81. The molecule has 0 saturated carbocycles. The second kappa shape index (κ2) is 5.99. The van der Waals surface area contributed by atoms with Gasteiger partial charge >= 0.3 is 0 Å². The van der Waals surface area contributed by atoms with Crippen molar-refractivity contribution in [3.8, 4) is 0 Å². The van der Waals surface area contributed by atoms with Gasteiger partial charge in [0.05, 0.1) is 5.69 Å². The van der Waals surface area contributed by atoms with Crippen molar-refractivity contribution in [2.75, 3.05) is 39.1 Å². The molecule has 102 valence electrons. The largest absolute Gasteiger partial charge is 0.346 e. The Morgan fingerprint density at radius 3 is 2.83 bits per heavy atom. The Kier molecular flexibility index (Phi) is 4.59. The summed E-state index contributed by atoms with van der Waals surface area (Å²) in [5, 5.41) is 4.44. The number of thiazole rings is 1. The molecule has 0 amide bonds. The Labute approximate surface area is 114 Å². The Hall–Kier alpha value is -0.650. The average Bonchev–Trinajstić information content (AvgIpc) is 2.94. The van der Waals surface area contributed by atoms with Crippen molar-refractivity contribution in [2.45, 2.75) is 32.4 Å². The number of nitrogens with one attached hydrogen (secondary N) is 1. The lowest BCUT2D eigenvalue weighted by Gasteiger charge is -2.19. The van der Waals surface area contributed by atoms with Crippen molar-refractivity contribution in [3.63, 3.8) is 0 Å². The normalized spacial score (nSPS) is 20.1. The van der Waals surface area contributed by atoms with Crippen molar-refractivity contribution in [1.29, 1.82) is 0 Å². The van der Waals surface area contributed by atoms with Crippen LogP contribution >= 0.6 is 11.3 Å². The van der Waals surface area contributed by atoms with Crippen molar-refractivity contribution >= 4 is 16.5 Å². The Morgan fingerprint density at radius 2 is 2.28 bits per heavy atom. The molecular weight excluding hydrogens is 244 g/mol. The molecule has 0 aliphatic carbocycles. The van der Waals surface area contributed by atoms with E-state index in [0.717, 1.165) is 26.1 Å². The van der Waals surface area contributed by atoms with Gasteiger partial charge in [-0.15, -0.1) is 11.3 Å². The van der Waals surface area contributed by atoms with Gasteiger partial charge in [-0.1, -0.05) is 6.92 Å².